The standard InChI is InChI=1S/C20H22N4O4/c1-3-11-21-20(27)23-16-8-6-15(7-9-16)19(26)24-22-13-14-5-10-17(25)18(12-14)28-4-2/h3,5-10,12-13,25H,1,4,11H2,2H3,(H,24,26)(H2,21,23,27). The summed E-state index contributed by atoms with van der Waals surface area (Å²) in [6.07, 6.45) is 3.02. The lowest BCUT2D eigenvalue weighted by Crippen LogP contribution is -2.28. The average molecular weight is 382 g/mol. The number of aromatic hydroxyl groups is 1. The number of ether oxygens (including phenoxy) is 1. The predicted octanol–water partition coefficient (Wildman–Crippen LogP) is 2.86. The summed E-state index contributed by atoms with van der Waals surface area (Å²) in [7, 11) is 0. The summed E-state index contributed by atoms with van der Waals surface area (Å²) in [5.74, 6) is -0.0179. The van der Waals surface area contributed by atoms with E-state index in [2.05, 4.69) is 27.7 Å². The van der Waals surface area contributed by atoms with E-state index in [1.807, 2.05) is 6.92 Å². The van der Waals surface area contributed by atoms with Crippen molar-refractivity contribution in [1.29, 1.82) is 0 Å². The first-order chi connectivity index (χ1) is 13.5. The van der Waals surface area contributed by atoms with E-state index >= 15 is 0 Å². The molecule has 2 rings (SSSR count). The highest BCUT2D eigenvalue weighted by atomic mass is 16.5. The molecule has 4 N–H and O–H groups in total. The van der Waals surface area contributed by atoms with Gasteiger partial charge in [0.05, 0.1) is 12.8 Å². The summed E-state index contributed by atoms with van der Waals surface area (Å²) in [6.45, 7) is 6.11. The van der Waals surface area contributed by atoms with Crippen molar-refractivity contribution in [2.45, 2.75) is 6.92 Å². The Balaban J connectivity index is 1.92. The molecular weight excluding hydrogens is 360 g/mol. The fourth-order valence-corrected chi connectivity index (χ4v) is 2.16. The number of rotatable bonds is 8. The van der Waals surface area contributed by atoms with E-state index in [1.54, 1.807) is 42.5 Å². The Morgan fingerprint density at radius 3 is 2.64 bits per heavy atom. The number of hydrogen-bond acceptors (Lipinski definition) is 5. The van der Waals surface area contributed by atoms with Crippen LogP contribution in [0.2, 0.25) is 0 Å². The highest BCUT2D eigenvalue weighted by molar-refractivity contribution is 5.96. The molecule has 146 valence electrons. The second kappa shape index (κ2) is 10.4. The molecule has 0 heterocycles. The largest absolute Gasteiger partial charge is 0.504 e. The van der Waals surface area contributed by atoms with Crippen molar-refractivity contribution >= 4 is 23.8 Å². The number of benzene rings is 2. The van der Waals surface area contributed by atoms with Gasteiger partial charge in [0.25, 0.3) is 5.91 Å². The number of phenolic OH excluding ortho intramolecular Hbond substituents is 1. The van der Waals surface area contributed by atoms with Crippen molar-refractivity contribution in [3.63, 3.8) is 0 Å². The molecule has 0 aliphatic carbocycles. The van der Waals surface area contributed by atoms with Gasteiger partial charge in [0.2, 0.25) is 0 Å². The SMILES string of the molecule is C=CCNC(=O)Nc1ccc(C(=O)NN=Cc2ccc(O)c(OCC)c2)cc1. The summed E-state index contributed by atoms with van der Waals surface area (Å²) in [4.78, 5) is 23.7. The van der Waals surface area contributed by atoms with Crippen LogP contribution in [0, 0.1) is 0 Å². The molecular formula is C20H22N4O4. The van der Waals surface area contributed by atoms with Crippen LogP contribution in [-0.2, 0) is 0 Å². The molecule has 0 atom stereocenters. The number of carbonyl (C=O) groups excluding carboxylic acids is 2. The molecule has 0 aromatic heterocycles. The van der Waals surface area contributed by atoms with Crippen LogP contribution in [0.4, 0.5) is 10.5 Å². The fraction of sp³-hybridized carbons (Fsp3) is 0.150. The number of anilines is 1. The summed E-state index contributed by atoms with van der Waals surface area (Å²) in [6, 6.07) is 10.8. The van der Waals surface area contributed by atoms with E-state index in [-0.39, 0.29) is 11.8 Å². The van der Waals surface area contributed by atoms with E-state index in [0.717, 1.165) is 0 Å². The van der Waals surface area contributed by atoms with Gasteiger partial charge < -0.3 is 20.5 Å². The Hall–Kier alpha value is -3.81. The Morgan fingerprint density at radius 1 is 1.21 bits per heavy atom. The van der Waals surface area contributed by atoms with Gasteiger partial charge in [0, 0.05) is 17.8 Å². The normalized spacial score (nSPS) is 10.3. The number of hydrazone groups is 1. The van der Waals surface area contributed by atoms with Gasteiger partial charge in [-0.05, 0) is 55.0 Å². The molecule has 0 saturated heterocycles. The van der Waals surface area contributed by atoms with Gasteiger partial charge in [-0.1, -0.05) is 6.08 Å². The zero-order chi connectivity index (χ0) is 20.4. The lowest BCUT2D eigenvalue weighted by Gasteiger charge is -2.07. The lowest BCUT2D eigenvalue weighted by molar-refractivity contribution is 0.0955. The van der Waals surface area contributed by atoms with Crippen molar-refractivity contribution in [2.75, 3.05) is 18.5 Å². The number of nitrogens with one attached hydrogen (secondary N) is 3. The molecule has 0 saturated carbocycles. The van der Waals surface area contributed by atoms with Gasteiger partial charge in [-0.3, -0.25) is 4.79 Å². The zero-order valence-electron chi connectivity index (χ0n) is 15.4. The number of urea groups is 1. The molecule has 0 aliphatic rings. The minimum atomic E-state index is -0.400. The highest BCUT2D eigenvalue weighted by Crippen LogP contribution is 2.26. The van der Waals surface area contributed by atoms with E-state index in [1.165, 1.54) is 12.3 Å². The summed E-state index contributed by atoms with van der Waals surface area (Å²) >= 11 is 0. The zero-order valence-corrected chi connectivity index (χ0v) is 15.4. The highest BCUT2D eigenvalue weighted by Gasteiger charge is 2.06. The number of hydrogen-bond donors (Lipinski definition) is 4. The third kappa shape index (κ3) is 6.17. The molecule has 0 radical (unpaired) electrons. The fourth-order valence-electron chi connectivity index (χ4n) is 2.16. The lowest BCUT2D eigenvalue weighted by atomic mass is 10.2. The van der Waals surface area contributed by atoms with Gasteiger partial charge in [-0.25, -0.2) is 10.2 Å². The molecule has 0 aliphatic heterocycles. The van der Waals surface area contributed by atoms with Crippen LogP contribution in [0.25, 0.3) is 0 Å². The molecule has 0 unspecified atom stereocenters. The van der Waals surface area contributed by atoms with Gasteiger partial charge in [-0.2, -0.15) is 5.10 Å². The van der Waals surface area contributed by atoms with Crippen LogP contribution in [0.3, 0.4) is 0 Å². The van der Waals surface area contributed by atoms with Crippen molar-refractivity contribution in [3.8, 4) is 11.5 Å². The Kier molecular flexibility index (Phi) is 7.59. The van der Waals surface area contributed by atoms with Crippen molar-refractivity contribution in [2.24, 2.45) is 5.10 Å². The Labute approximate surface area is 162 Å². The summed E-state index contributed by atoms with van der Waals surface area (Å²) in [5, 5.41) is 18.8. The monoisotopic (exact) mass is 382 g/mol. The molecule has 8 heteroatoms. The van der Waals surface area contributed by atoms with Crippen molar-refractivity contribution in [3.05, 3.63) is 66.2 Å². The van der Waals surface area contributed by atoms with Crippen LogP contribution >= 0.6 is 0 Å². The number of carbonyl (C=O) groups is 2. The van der Waals surface area contributed by atoms with Crippen LogP contribution in [0.15, 0.2) is 60.2 Å². The van der Waals surface area contributed by atoms with E-state index < -0.39 is 5.91 Å². The molecule has 0 bridgehead atoms. The van der Waals surface area contributed by atoms with Crippen molar-refractivity contribution < 1.29 is 19.4 Å². The summed E-state index contributed by atoms with van der Waals surface area (Å²) in [5.41, 5.74) is 4.01. The summed E-state index contributed by atoms with van der Waals surface area (Å²) < 4.78 is 5.30. The third-order valence-electron chi connectivity index (χ3n) is 3.48. The third-order valence-corrected chi connectivity index (χ3v) is 3.48. The van der Waals surface area contributed by atoms with Crippen LogP contribution < -0.4 is 20.8 Å². The minimum Gasteiger partial charge on any atom is -0.504 e. The average Bonchev–Trinajstić information content (AvgIpc) is 2.69. The maximum absolute atomic E-state index is 12.1. The molecule has 28 heavy (non-hydrogen) atoms. The molecule has 2 aromatic rings. The molecule has 3 amide bonds. The van der Waals surface area contributed by atoms with Crippen molar-refractivity contribution in [1.82, 2.24) is 10.7 Å². The van der Waals surface area contributed by atoms with E-state index in [4.69, 9.17) is 4.74 Å². The molecule has 0 spiro atoms. The number of phenols is 1. The first-order valence-electron chi connectivity index (χ1n) is 8.58. The second-order valence-electron chi connectivity index (χ2n) is 5.56. The topological polar surface area (TPSA) is 112 Å². The Bertz CT molecular complexity index is 863. The smallest absolute Gasteiger partial charge is 0.319 e. The van der Waals surface area contributed by atoms with Crippen LogP contribution in [-0.4, -0.2) is 36.4 Å². The molecule has 2 aromatic carbocycles. The van der Waals surface area contributed by atoms with Gasteiger partial charge in [0.15, 0.2) is 11.5 Å². The van der Waals surface area contributed by atoms with Crippen LogP contribution in [0.1, 0.15) is 22.8 Å². The van der Waals surface area contributed by atoms with Gasteiger partial charge in [-0.15, -0.1) is 6.58 Å². The first-order valence-corrected chi connectivity index (χ1v) is 8.58. The molecule has 8 nitrogen and oxygen atoms in total. The predicted molar refractivity (Wildman–Crippen MR) is 108 cm³/mol. The maximum atomic E-state index is 12.1. The second-order valence-corrected chi connectivity index (χ2v) is 5.56. The van der Waals surface area contributed by atoms with E-state index in [0.29, 0.717) is 35.7 Å². The maximum Gasteiger partial charge on any atom is 0.319 e. The Morgan fingerprint density at radius 2 is 1.96 bits per heavy atom. The molecule has 0 fully saturated rings. The number of nitrogens with zero attached hydrogens (tertiary/aromatic N) is 1. The van der Waals surface area contributed by atoms with Crippen LogP contribution in [0.5, 0.6) is 11.5 Å². The first kappa shape index (κ1) is 20.5. The van der Waals surface area contributed by atoms with Gasteiger partial charge in [0.1, 0.15) is 0 Å². The minimum absolute atomic E-state index is 0.0370. The number of amides is 3. The van der Waals surface area contributed by atoms with Gasteiger partial charge >= 0.3 is 6.03 Å². The quantitative estimate of drug-likeness (QED) is 0.319. The van der Waals surface area contributed by atoms with E-state index in [9.17, 15) is 14.7 Å².